The number of carbonyl (C=O) groups excluding carboxylic acids is 3. The minimum absolute atomic E-state index is 0.0973. The van der Waals surface area contributed by atoms with Crippen molar-refractivity contribution in [1.29, 1.82) is 0 Å². The lowest BCUT2D eigenvalue weighted by Crippen LogP contribution is -2.40. The van der Waals surface area contributed by atoms with E-state index in [9.17, 15) is 14.4 Å². The molecule has 0 unspecified atom stereocenters. The smallest absolute Gasteiger partial charge is 0.344 e. The van der Waals surface area contributed by atoms with E-state index in [1.807, 2.05) is 0 Å². The van der Waals surface area contributed by atoms with Crippen molar-refractivity contribution in [1.82, 2.24) is 4.90 Å². The first-order chi connectivity index (χ1) is 12.4. The first-order valence-electron chi connectivity index (χ1n) is 8.66. The van der Waals surface area contributed by atoms with Gasteiger partial charge in [-0.1, -0.05) is 6.92 Å². The molecule has 0 radical (unpaired) electrons. The number of hydrogen-bond acceptors (Lipinski definition) is 6. The van der Waals surface area contributed by atoms with Gasteiger partial charge in [-0.3, -0.25) is 9.59 Å². The normalized spacial score (nSPS) is 14.7. The number of hydrogen-bond donors (Lipinski definition) is 0. The molecule has 2 rings (SSSR count). The Morgan fingerprint density at radius 2 is 1.81 bits per heavy atom. The summed E-state index contributed by atoms with van der Waals surface area (Å²) in [6.45, 7) is 4.39. The average molecular weight is 363 g/mol. The SMILES string of the molecule is COc1cc(C(C)=O)ccc1OCC(=O)OCC(=O)N1CCC(C)CC1. The third-order valence-electron chi connectivity index (χ3n) is 4.41. The fourth-order valence-corrected chi connectivity index (χ4v) is 2.68. The highest BCUT2D eigenvalue weighted by molar-refractivity contribution is 5.94. The second-order valence-electron chi connectivity index (χ2n) is 6.43. The van der Waals surface area contributed by atoms with E-state index >= 15 is 0 Å². The van der Waals surface area contributed by atoms with Crippen LogP contribution in [0.25, 0.3) is 0 Å². The first-order valence-corrected chi connectivity index (χ1v) is 8.66. The fraction of sp³-hybridized carbons (Fsp3) is 0.526. The van der Waals surface area contributed by atoms with Gasteiger partial charge in [-0.15, -0.1) is 0 Å². The maximum atomic E-state index is 12.0. The zero-order valence-corrected chi connectivity index (χ0v) is 15.4. The number of carbonyl (C=O) groups is 3. The number of ether oxygens (including phenoxy) is 3. The number of methoxy groups -OCH3 is 1. The summed E-state index contributed by atoms with van der Waals surface area (Å²) in [5.41, 5.74) is 0.484. The quantitative estimate of drug-likeness (QED) is 0.545. The van der Waals surface area contributed by atoms with Crippen LogP contribution in [-0.2, 0) is 14.3 Å². The number of likely N-dealkylation sites (tertiary alicyclic amines) is 1. The molecule has 1 aliphatic heterocycles. The van der Waals surface area contributed by atoms with Crippen molar-refractivity contribution in [3.63, 3.8) is 0 Å². The van der Waals surface area contributed by atoms with Gasteiger partial charge in [0.25, 0.3) is 5.91 Å². The maximum absolute atomic E-state index is 12.0. The van der Waals surface area contributed by atoms with Crippen molar-refractivity contribution in [2.75, 3.05) is 33.4 Å². The van der Waals surface area contributed by atoms with E-state index in [-0.39, 0.29) is 24.9 Å². The highest BCUT2D eigenvalue weighted by atomic mass is 16.6. The second kappa shape index (κ2) is 9.22. The topological polar surface area (TPSA) is 82.1 Å². The lowest BCUT2D eigenvalue weighted by molar-refractivity contribution is -0.154. The number of esters is 1. The molecule has 1 aliphatic rings. The summed E-state index contributed by atoms with van der Waals surface area (Å²) in [6, 6.07) is 4.69. The van der Waals surface area contributed by atoms with Crippen molar-refractivity contribution < 1.29 is 28.6 Å². The van der Waals surface area contributed by atoms with Gasteiger partial charge in [-0.25, -0.2) is 4.79 Å². The minimum atomic E-state index is -0.638. The van der Waals surface area contributed by atoms with E-state index in [0.717, 1.165) is 12.8 Å². The van der Waals surface area contributed by atoms with Crippen molar-refractivity contribution in [2.24, 2.45) is 5.92 Å². The average Bonchev–Trinajstić information content (AvgIpc) is 2.64. The van der Waals surface area contributed by atoms with Crippen LogP contribution in [0.4, 0.5) is 0 Å². The van der Waals surface area contributed by atoms with E-state index in [4.69, 9.17) is 14.2 Å². The Kier molecular flexibility index (Phi) is 7.00. The Balaban J connectivity index is 1.80. The van der Waals surface area contributed by atoms with Gasteiger partial charge in [0.2, 0.25) is 0 Å². The maximum Gasteiger partial charge on any atom is 0.344 e. The Bertz CT molecular complexity index is 664. The molecule has 0 aliphatic carbocycles. The molecule has 0 aromatic heterocycles. The summed E-state index contributed by atoms with van der Waals surface area (Å²) >= 11 is 0. The first kappa shape index (κ1) is 19.8. The van der Waals surface area contributed by atoms with Crippen LogP contribution in [0.15, 0.2) is 18.2 Å². The number of benzene rings is 1. The molecule has 0 bridgehead atoms. The third kappa shape index (κ3) is 5.47. The Morgan fingerprint density at radius 1 is 1.12 bits per heavy atom. The molecular formula is C19H25NO6. The Morgan fingerprint density at radius 3 is 2.42 bits per heavy atom. The van der Waals surface area contributed by atoms with Crippen molar-refractivity contribution in [3.05, 3.63) is 23.8 Å². The number of ketones is 1. The molecule has 142 valence electrons. The zero-order chi connectivity index (χ0) is 19.1. The predicted molar refractivity (Wildman–Crippen MR) is 94.4 cm³/mol. The monoisotopic (exact) mass is 363 g/mol. The molecule has 0 spiro atoms. The summed E-state index contributed by atoms with van der Waals surface area (Å²) in [5, 5.41) is 0. The summed E-state index contributed by atoms with van der Waals surface area (Å²) in [4.78, 5) is 37.0. The van der Waals surface area contributed by atoms with Crippen LogP contribution in [0.5, 0.6) is 11.5 Å². The highest BCUT2D eigenvalue weighted by Crippen LogP contribution is 2.28. The van der Waals surface area contributed by atoms with Gasteiger partial charge in [0.05, 0.1) is 7.11 Å². The van der Waals surface area contributed by atoms with Crippen LogP contribution < -0.4 is 9.47 Å². The standard InChI is InChI=1S/C19H25NO6/c1-13-6-8-20(9-7-13)18(22)11-26-19(23)12-25-16-5-4-15(14(2)21)10-17(16)24-3/h4-5,10,13H,6-9,11-12H2,1-3H3. The summed E-state index contributed by atoms with van der Waals surface area (Å²) in [7, 11) is 1.45. The number of amides is 1. The molecular weight excluding hydrogens is 338 g/mol. The van der Waals surface area contributed by atoms with Gasteiger partial charge < -0.3 is 19.1 Å². The van der Waals surface area contributed by atoms with Crippen LogP contribution in [0.2, 0.25) is 0 Å². The number of piperidine rings is 1. The third-order valence-corrected chi connectivity index (χ3v) is 4.41. The molecule has 1 aromatic carbocycles. The van der Waals surface area contributed by atoms with E-state index in [0.29, 0.717) is 36.1 Å². The fourth-order valence-electron chi connectivity index (χ4n) is 2.68. The summed E-state index contributed by atoms with van der Waals surface area (Å²) < 4.78 is 15.5. The molecule has 26 heavy (non-hydrogen) atoms. The Hall–Kier alpha value is -2.57. The van der Waals surface area contributed by atoms with Crippen molar-refractivity contribution in [3.8, 4) is 11.5 Å². The molecule has 0 atom stereocenters. The molecule has 7 heteroatoms. The van der Waals surface area contributed by atoms with Crippen molar-refractivity contribution in [2.45, 2.75) is 26.7 Å². The molecule has 1 amide bonds. The molecule has 1 saturated heterocycles. The van der Waals surface area contributed by atoms with Gasteiger partial charge >= 0.3 is 5.97 Å². The van der Waals surface area contributed by atoms with E-state index in [2.05, 4.69) is 6.92 Å². The Labute approximate surface area is 153 Å². The van der Waals surface area contributed by atoms with Gasteiger partial charge in [0.15, 0.2) is 30.5 Å². The number of Topliss-reactive ketones (excluding diaryl/α,β-unsaturated/α-hetero) is 1. The lowest BCUT2D eigenvalue weighted by Gasteiger charge is -2.30. The number of nitrogens with zero attached hydrogens (tertiary/aromatic N) is 1. The van der Waals surface area contributed by atoms with Crippen LogP contribution in [0, 0.1) is 5.92 Å². The van der Waals surface area contributed by atoms with Crippen LogP contribution in [0.1, 0.15) is 37.0 Å². The molecule has 7 nitrogen and oxygen atoms in total. The molecule has 1 fully saturated rings. The highest BCUT2D eigenvalue weighted by Gasteiger charge is 2.21. The molecule has 1 heterocycles. The van der Waals surface area contributed by atoms with E-state index in [1.165, 1.54) is 14.0 Å². The minimum Gasteiger partial charge on any atom is -0.493 e. The summed E-state index contributed by atoms with van der Waals surface area (Å²) in [6.07, 6.45) is 1.94. The lowest BCUT2D eigenvalue weighted by atomic mass is 9.99. The van der Waals surface area contributed by atoms with Crippen LogP contribution in [-0.4, -0.2) is 56.0 Å². The van der Waals surface area contributed by atoms with Crippen LogP contribution >= 0.6 is 0 Å². The van der Waals surface area contributed by atoms with E-state index < -0.39 is 5.97 Å². The molecule has 0 N–H and O–H groups in total. The molecule has 0 saturated carbocycles. The van der Waals surface area contributed by atoms with Gasteiger partial charge in [0, 0.05) is 18.7 Å². The van der Waals surface area contributed by atoms with E-state index in [1.54, 1.807) is 23.1 Å². The second-order valence-corrected chi connectivity index (χ2v) is 6.43. The van der Waals surface area contributed by atoms with Crippen LogP contribution in [0.3, 0.4) is 0 Å². The zero-order valence-electron chi connectivity index (χ0n) is 15.4. The summed E-state index contributed by atoms with van der Waals surface area (Å²) in [5.74, 6) is 0.379. The van der Waals surface area contributed by atoms with Gasteiger partial charge in [-0.2, -0.15) is 0 Å². The number of rotatable bonds is 7. The van der Waals surface area contributed by atoms with Gasteiger partial charge in [-0.05, 0) is 43.9 Å². The largest absolute Gasteiger partial charge is 0.493 e. The van der Waals surface area contributed by atoms with Gasteiger partial charge in [0.1, 0.15) is 0 Å². The molecule has 1 aromatic rings. The van der Waals surface area contributed by atoms with Crippen molar-refractivity contribution >= 4 is 17.7 Å². The predicted octanol–water partition coefficient (Wildman–Crippen LogP) is 2.08.